The molecule has 0 amide bonds. The zero-order valence-corrected chi connectivity index (χ0v) is 7.96. The number of nitriles is 1. The predicted molar refractivity (Wildman–Crippen MR) is 52.6 cm³/mol. The maximum Gasteiger partial charge on any atom is 0.0946 e. The van der Waals surface area contributed by atoms with Crippen molar-refractivity contribution in [2.45, 2.75) is 27.2 Å². The van der Waals surface area contributed by atoms with E-state index in [0.29, 0.717) is 0 Å². The van der Waals surface area contributed by atoms with Crippen molar-refractivity contribution >= 4 is 0 Å². The van der Waals surface area contributed by atoms with Crippen molar-refractivity contribution in [2.24, 2.45) is 0 Å². The molecule has 0 fully saturated rings. The highest BCUT2D eigenvalue weighted by Gasteiger charge is 1.92. The summed E-state index contributed by atoms with van der Waals surface area (Å²) in [7, 11) is 0. The van der Waals surface area contributed by atoms with Gasteiger partial charge in [-0.25, -0.2) is 0 Å². The average molecular weight is 161 g/mol. The molecule has 0 unspecified atom stereocenters. The fraction of sp³-hybridized carbons (Fsp3) is 0.364. The molecule has 0 saturated heterocycles. The standard InChI is InChI=1S/C11H15N/c1-4-6-7-8-11(5-2)10(3)9-12/h4,6-8H,5H2,1-3H3/b6-4-,8-7-,11-10+. The van der Waals surface area contributed by atoms with Crippen LogP contribution >= 0.6 is 0 Å². The summed E-state index contributed by atoms with van der Waals surface area (Å²) in [5.41, 5.74) is 1.91. The molecule has 0 bridgehead atoms. The van der Waals surface area contributed by atoms with Gasteiger partial charge in [-0.3, -0.25) is 0 Å². The van der Waals surface area contributed by atoms with Crippen LogP contribution in [0.4, 0.5) is 0 Å². The summed E-state index contributed by atoms with van der Waals surface area (Å²) in [5.74, 6) is 0. The summed E-state index contributed by atoms with van der Waals surface area (Å²) in [6.45, 7) is 5.87. The van der Waals surface area contributed by atoms with E-state index >= 15 is 0 Å². The number of nitrogens with zero attached hydrogens (tertiary/aromatic N) is 1. The van der Waals surface area contributed by atoms with Crippen LogP contribution in [0, 0.1) is 11.3 Å². The van der Waals surface area contributed by atoms with Gasteiger partial charge in [0.25, 0.3) is 0 Å². The largest absolute Gasteiger partial charge is 0.193 e. The zero-order valence-electron chi connectivity index (χ0n) is 7.96. The summed E-state index contributed by atoms with van der Waals surface area (Å²) >= 11 is 0. The predicted octanol–water partition coefficient (Wildman–Crippen LogP) is 3.37. The van der Waals surface area contributed by atoms with E-state index in [-0.39, 0.29) is 0 Å². The fourth-order valence-corrected chi connectivity index (χ4v) is 0.863. The molecule has 0 rings (SSSR count). The molecule has 0 radical (unpaired) electrons. The Kier molecular flexibility index (Phi) is 5.73. The van der Waals surface area contributed by atoms with Gasteiger partial charge in [0.2, 0.25) is 0 Å². The minimum atomic E-state index is 0.804. The molecule has 0 N–H and O–H groups in total. The lowest BCUT2D eigenvalue weighted by atomic mass is 10.1. The maximum atomic E-state index is 8.63. The van der Waals surface area contributed by atoms with Crippen LogP contribution in [0.3, 0.4) is 0 Å². The first-order valence-corrected chi connectivity index (χ1v) is 4.15. The summed E-state index contributed by atoms with van der Waals surface area (Å²) in [6.07, 6.45) is 8.78. The third kappa shape index (κ3) is 3.78. The zero-order chi connectivity index (χ0) is 9.40. The maximum absolute atomic E-state index is 8.63. The lowest BCUT2D eigenvalue weighted by Crippen LogP contribution is -1.79. The topological polar surface area (TPSA) is 23.8 Å². The fourth-order valence-electron chi connectivity index (χ4n) is 0.863. The lowest BCUT2D eigenvalue weighted by Gasteiger charge is -1.96. The highest BCUT2D eigenvalue weighted by atomic mass is 14.2. The van der Waals surface area contributed by atoms with Crippen LogP contribution in [0.25, 0.3) is 0 Å². The molecule has 0 aliphatic rings. The van der Waals surface area contributed by atoms with Gasteiger partial charge >= 0.3 is 0 Å². The van der Waals surface area contributed by atoms with Crippen LogP contribution in [0.15, 0.2) is 35.5 Å². The molecular weight excluding hydrogens is 146 g/mol. The van der Waals surface area contributed by atoms with Crippen molar-refractivity contribution in [1.29, 1.82) is 5.26 Å². The van der Waals surface area contributed by atoms with Gasteiger partial charge in [0.05, 0.1) is 6.07 Å². The third-order valence-corrected chi connectivity index (χ3v) is 1.63. The molecular formula is C11H15N. The van der Waals surface area contributed by atoms with E-state index in [0.717, 1.165) is 17.6 Å². The molecule has 0 saturated carbocycles. The Morgan fingerprint density at radius 1 is 1.42 bits per heavy atom. The molecule has 12 heavy (non-hydrogen) atoms. The highest BCUT2D eigenvalue weighted by molar-refractivity contribution is 5.34. The summed E-state index contributed by atoms with van der Waals surface area (Å²) in [4.78, 5) is 0. The van der Waals surface area contributed by atoms with Crippen molar-refractivity contribution in [3.63, 3.8) is 0 Å². The first-order chi connectivity index (χ1) is 5.76. The van der Waals surface area contributed by atoms with Gasteiger partial charge in [0, 0.05) is 5.57 Å². The minimum absolute atomic E-state index is 0.804. The summed E-state index contributed by atoms with van der Waals surface area (Å²) in [5, 5.41) is 8.63. The molecule has 0 aromatic rings. The molecule has 0 aliphatic carbocycles. The van der Waals surface area contributed by atoms with Gasteiger partial charge in [0.1, 0.15) is 0 Å². The molecule has 0 aliphatic heterocycles. The van der Waals surface area contributed by atoms with Crippen LogP contribution in [0.5, 0.6) is 0 Å². The second-order valence-corrected chi connectivity index (χ2v) is 2.50. The Hall–Kier alpha value is -1.29. The van der Waals surface area contributed by atoms with E-state index in [9.17, 15) is 0 Å². The van der Waals surface area contributed by atoms with E-state index in [4.69, 9.17) is 5.26 Å². The highest BCUT2D eigenvalue weighted by Crippen LogP contribution is 2.08. The monoisotopic (exact) mass is 161 g/mol. The molecule has 0 spiro atoms. The van der Waals surface area contributed by atoms with E-state index in [1.807, 2.05) is 38.2 Å². The summed E-state index contributed by atoms with van der Waals surface area (Å²) in [6, 6.07) is 2.15. The molecule has 1 nitrogen and oxygen atoms in total. The molecule has 64 valence electrons. The van der Waals surface area contributed by atoms with Crippen molar-refractivity contribution in [2.75, 3.05) is 0 Å². The van der Waals surface area contributed by atoms with E-state index < -0.39 is 0 Å². The quantitative estimate of drug-likeness (QED) is 0.460. The SMILES string of the molecule is C\C=C/C=C\C(CC)=C(/C)C#N. The second-order valence-electron chi connectivity index (χ2n) is 2.50. The van der Waals surface area contributed by atoms with E-state index in [1.165, 1.54) is 0 Å². The van der Waals surface area contributed by atoms with Crippen molar-refractivity contribution in [3.8, 4) is 6.07 Å². The Balaban J connectivity index is 4.50. The molecule has 0 heterocycles. The van der Waals surface area contributed by atoms with Crippen molar-refractivity contribution in [3.05, 3.63) is 35.5 Å². The van der Waals surface area contributed by atoms with E-state index in [1.54, 1.807) is 0 Å². The Morgan fingerprint density at radius 2 is 2.08 bits per heavy atom. The molecule has 0 aromatic carbocycles. The number of hydrogen-bond acceptors (Lipinski definition) is 1. The Bertz CT molecular complexity index is 249. The van der Waals surface area contributed by atoms with Crippen LogP contribution < -0.4 is 0 Å². The first-order valence-electron chi connectivity index (χ1n) is 4.15. The molecule has 0 aromatic heterocycles. The lowest BCUT2D eigenvalue weighted by molar-refractivity contribution is 1.12. The van der Waals surface area contributed by atoms with Gasteiger partial charge in [-0.2, -0.15) is 5.26 Å². The second kappa shape index (κ2) is 6.42. The smallest absolute Gasteiger partial charge is 0.0946 e. The first kappa shape index (κ1) is 10.7. The van der Waals surface area contributed by atoms with Crippen LogP contribution in [0.1, 0.15) is 27.2 Å². The van der Waals surface area contributed by atoms with Gasteiger partial charge in [-0.15, -0.1) is 0 Å². The Morgan fingerprint density at radius 3 is 2.50 bits per heavy atom. The third-order valence-electron chi connectivity index (χ3n) is 1.63. The van der Waals surface area contributed by atoms with Gasteiger partial charge < -0.3 is 0 Å². The van der Waals surface area contributed by atoms with Crippen molar-refractivity contribution < 1.29 is 0 Å². The average Bonchev–Trinajstić information content (AvgIpc) is 2.11. The van der Waals surface area contributed by atoms with Gasteiger partial charge in [0.15, 0.2) is 0 Å². The van der Waals surface area contributed by atoms with Crippen molar-refractivity contribution in [1.82, 2.24) is 0 Å². The molecule has 1 heteroatoms. The number of allylic oxidation sites excluding steroid dienone is 6. The Labute approximate surface area is 74.7 Å². The molecule has 0 atom stereocenters. The van der Waals surface area contributed by atoms with E-state index in [2.05, 4.69) is 13.0 Å². The minimum Gasteiger partial charge on any atom is -0.193 e. The number of hydrogen-bond donors (Lipinski definition) is 0. The normalized spacial score (nSPS) is 13.5. The van der Waals surface area contributed by atoms with Crippen LogP contribution in [-0.4, -0.2) is 0 Å². The van der Waals surface area contributed by atoms with Gasteiger partial charge in [-0.1, -0.05) is 31.2 Å². The van der Waals surface area contributed by atoms with Gasteiger partial charge in [-0.05, 0) is 25.8 Å². The summed E-state index contributed by atoms with van der Waals surface area (Å²) < 4.78 is 0. The van der Waals surface area contributed by atoms with Crippen LogP contribution in [-0.2, 0) is 0 Å². The number of rotatable bonds is 3. The van der Waals surface area contributed by atoms with Crippen LogP contribution in [0.2, 0.25) is 0 Å².